The first-order chi connectivity index (χ1) is 18.5. The van der Waals surface area contributed by atoms with Gasteiger partial charge in [-0.1, -0.05) is 66.2 Å². The van der Waals surface area contributed by atoms with Crippen molar-refractivity contribution < 1.29 is 14.4 Å². The zero-order chi connectivity index (χ0) is 26.0. The number of ketones is 2. The molecule has 3 aliphatic rings. The molecular weight excluding hydrogens is 516 g/mol. The van der Waals surface area contributed by atoms with E-state index in [2.05, 4.69) is 5.32 Å². The van der Waals surface area contributed by atoms with Crippen LogP contribution in [-0.2, 0) is 10.2 Å². The number of fused-ring (bicyclic) bond motifs is 6. The Kier molecular flexibility index (Phi) is 5.18. The van der Waals surface area contributed by atoms with Crippen LogP contribution in [0.4, 0.5) is 11.4 Å². The summed E-state index contributed by atoms with van der Waals surface area (Å²) in [5.41, 5.74) is 2.28. The minimum Gasteiger partial charge on any atom is -0.352 e. The molecular formula is C31H21ClN2O3S. The molecule has 4 atom stereocenters. The summed E-state index contributed by atoms with van der Waals surface area (Å²) in [4.78, 5) is 45.8. The first kappa shape index (κ1) is 23.1. The van der Waals surface area contributed by atoms with Crippen LogP contribution in [-0.4, -0.2) is 29.6 Å². The lowest BCUT2D eigenvalue weighted by Crippen LogP contribution is -2.51. The number of thiophene rings is 1. The van der Waals surface area contributed by atoms with Crippen LogP contribution in [0.3, 0.4) is 0 Å². The number of benzene rings is 3. The summed E-state index contributed by atoms with van der Waals surface area (Å²) < 4.78 is 0. The van der Waals surface area contributed by atoms with Gasteiger partial charge in [0.15, 0.2) is 11.6 Å². The van der Waals surface area contributed by atoms with Crippen molar-refractivity contribution in [3.8, 4) is 0 Å². The number of carbonyl (C=O) groups is 3. The summed E-state index contributed by atoms with van der Waals surface area (Å²) in [5.74, 6) is -1.69. The van der Waals surface area contributed by atoms with Gasteiger partial charge in [-0.05, 0) is 59.0 Å². The lowest BCUT2D eigenvalue weighted by Gasteiger charge is -2.37. The molecule has 186 valence electrons. The average molecular weight is 537 g/mol. The fourth-order valence-electron chi connectivity index (χ4n) is 6.48. The van der Waals surface area contributed by atoms with E-state index < -0.39 is 23.4 Å². The molecule has 3 aromatic carbocycles. The number of nitrogens with one attached hydrogen (secondary N) is 1. The standard InChI is InChI=1S/C31H21ClN2O3S/c32-20-14-11-19(12-15-20)28(35)26-27(29(36)24-10-5-17-38-24)34-23-9-4-1-6-18(23)13-16-25(34)31(26)21-7-2-3-8-22(21)33-30(31)37/h1-17,25-27H,(H,33,37)/t25-,26+,27-,31-/m0/s1. The van der Waals surface area contributed by atoms with Gasteiger partial charge in [-0.3, -0.25) is 14.4 Å². The van der Waals surface area contributed by atoms with E-state index >= 15 is 0 Å². The van der Waals surface area contributed by atoms with E-state index in [0.29, 0.717) is 21.2 Å². The molecule has 1 saturated heterocycles. The number of hydrogen-bond donors (Lipinski definition) is 1. The highest BCUT2D eigenvalue weighted by molar-refractivity contribution is 7.12. The molecule has 1 N–H and O–H groups in total. The van der Waals surface area contributed by atoms with E-state index in [4.69, 9.17) is 11.6 Å². The van der Waals surface area contributed by atoms with Gasteiger partial charge >= 0.3 is 0 Å². The van der Waals surface area contributed by atoms with Crippen LogP contribution < -0.4 is 10.2 Å². The monoisotopic (exact) mass is 536 g/mol. The summed E-state index contributed by atoms with van der Waals surface area (Å²) in [7, 11) is 0. The maximum Gasteiger partial charge on any atom is 0.238 e. The first-order valence-electron chi connectivity index (χ1n) is 12.4. The molecule has 7 heteroatoms. The van der Waals surface area contributed by atoms with Gasteiger partial charge in [0.25, 0.3) is 0 Å². The molecule has 0 saturated carbocycles. The zero-order valence-electron chi connectivity index (χ0n) is 20.0. The second-order valence-electron chi connectivity index (χ2n) is 9.77. The minimum absolute atomic E-state index is 0.170. The summed E-state index contributed by atoms with van der Waals surface area (Å²) in [6, 6.07) is 24.1. The molecule has 1 spiro atoms. The van der Waals surface area contributed by atoms with Crippen LogP contribution in [0.15, 0.2) is 96.4 Å². The number of carbonyl (C=O) groups excluding carboxylic acids is 3. The maximum atomic E-state index is 14.6. The van der Waals surface area contributed by atoms with Crippen molar-refractivity contribution in [1.82, 2.24) is 0 Å². The van der Waals surface area contributed by atoms with E-state index in [0.717, 1.165) is 16.8 Å². The van der Waals surface area contributed by atoms with Crippen LogP contribution in [0.1, 0.15) is 31.2 Å². The van der Waals surface area contributed by atoms with Crippen molar-refractivity contribution in [2.45, 2.75) is 17.5 Å². The van der Waals surface area contributed by atoms with Gasteiger partial charge in [-0.15, -0.1) is 11.3 Å². The van der Waals surface area contributed by atoms with Gasteiger partial charge in [0, 0.05) is 22.0 Å². The zero-order valence-corrected chi connectivity index (χ0v) is 21.6. The predicted octanol–water partition coefficient (Wildman–Crippen LogP) is 6.26. The number of rotatable bonds is 4. The fraction of sp³-hybridized carbons (Fsp3) is 0.129. The topological polar surface area (TPSA) is 66.5 Å². The molecule has 4 aromatic rings. The van der Waals surface area contributed by atoms with Crippen LogP contribution in [0, 0.1) is 5.92 Å². The Labute approximate surface area is 228 Å². The maximum absolute atomic E-state index is 14.6. The third-order valence-electron chi connectivity index (χ3n) is 7.99. The highest BCUT2D eigenvalue weighted by Gasteiger charge is 2.70. The van der Waals surface area contributed by atoms with Crippen LogP contribution in [0.5, 0.6) is 0 Å². The highest BCUT2D eigenvalue weighted by atomic mass is 35.5. The fourth-order valence-corrected chi connectivity index (χ4v) is 7.30. The number of Topliss-reactive ketones (excluding diaryl/α,β-unsaturated/α-hetero) is 2. The van der Waals surface area contributed by atoms with E-state index in [-0.39, 0.29) is 17.5 Å². The molecule has 38 heavy (non-hydrogen) atoms. The van der Waals surface area contributed by atoms with Crippen molar-refractivity contribution >= 4 is 57.9 Å². The van der Waals surface area contributed by atoms with Crippen LogP contribution in [0.2, 0.25) is 5.02 Å². The Bertz CT molecular complexity index is 1650. The SMILES string of the molecule is O=C(c1cccs1)[C@@H]1[C@H](C(=O)c2ccc(Cl)cc2)[C@@]2(C(=O)Nc3ccccc32)[C@@H]2C=Cc3ccccc3N12. The second kappa shape index (κ2) is 8.51. The van der Waals surface area contributed by atoms with Crippen molar-refractivity contribution in [3.63, 3.8) is 0 Å². The second-order valence-corrected chi connectivity index (χ2v) is 11.2. The number of hydrogen-bond acceptors (Lipinski definition) is 5. The first-order valence-corrected chi connectivity index (χ1v) is 13.6. The number of nitrogens with zero attached hydrogens (tertiary/aromatic N) is 1. The Morgan fingerprint density at radius 2 is 1.66 bits per heavy atom. The predicted molar refractivity (Wildman–Crippen MR) is 150 cm³/mol. The molecule has 4 heterocycles. The van der Waals surface area contributed by atoms with Gasteiger partial charge in [0.05, 0.1) is 16.8 Å². The van der Waals surface area contributed by atoms with Crippen molar-refractivity contribution in [3.05, 3.63) is 123 Å². The quantitative estimate of drug-likeness (QED) is 0.313. The van der Waals surface area contributed by atoms with Crippen molar-refractivity contribution in [2.75, 3.05) is 10.2 Å². The Morgan fingerprint density at radius 1 is 0.895 bits per heavy atom. The van der Waals surface area contributed by atoms with E-state index in [1.165, 1.54) is 11.3 Å². The Hall–Kier alpha value is -4.00. The van der Waals surface area contributed by atoms with E-state index in [9.17, 15) is 14.4 Å². The third kappa shape index (κ3) is 3.08. The number of anilines is 2. The molecule has 5 nitrogen and oxygen atoms in total. The van der Waals surface area contributed by atoms with Gasteiger partial charge in [-0.2, -0.15) is 0 Å². The molecule has 3 aliphatic heterocycles. The van der Waals surface area contributed by atoms with Crippen molar-refractivity contribution in [1.29, 1.82) is 0 Å². The molecule has 0 radical (unpaired) electrons. The molecule has 0 aliphatic carbocycles. The van der Waals surface area contributed by atoms with Crippen LogP contribution >= 0.6 is 22.9 Å². The van der Waals surface area contributed by atoms with Crippen molar-refractivity contribution in [2.24, 2.45) is 5.92 Å². The average Bonchev–Trinajstić information content (AvgIpc) is 3.65. The Balaban J connectivity index is 1.54. The number of halogens is 1. The summed E-state index contributed by atoms with van der Waals surface area (Å²) >= 11 is 7.49. The normalized spacial score (nSPS) is 24.6. The van der Waals surface area contributed by atoms with Gasteiger partial charge < -0.3 is 10.2 Å². The van der Waals surface area contributed by atoms with Gasteiger partial charge in [0.1, 0.15) is 11.5 Å². The van der Waals surface area contributed by atoms with Gasteiger partial charge in [0.2, 0.25) is 5.91 Å². The smallest absolute Gasteiger partial charge is 0.238 e. The minimum atomic E-state index is -1.31. The van der Waals surface area contributed by atoms with Gasteiger partial charge in [-0.25, -0.2) is 0 Å². The lowest BCUT2D eigenvalue weighted by molar-refractivity contribution is -0.121. The Morgan fingerprint density at radius 3 is 2.45 bits per heavy atom. The number of amides is 1. The molecule has 1 fully saturated rings. The molecule has 0 bridgehead atoms. The largest absolute Gasteiger partial charge is 0.352 e. The molecule has 1 amide bonds. The number of para-hydroxylation sites is 2. The molecule has 1 aromatic heterocycles. The van der Waals surface area contributed by atoms with E-state index in [1.807, 2.05) is 77.0 Å². The third-order valence-corrected chi connectivity index (χ3v) is 9.12. The van der Waals surface area contributed by atoms with Crippen LogP contribution in [0.25, 0.3) is 6.08 Å². The highest BCUT2D eigenvalue weighted by Crippen LogP contribution is 2.58. The summed E-state index contributed by atoms with van der Waals surface area (Å²) in [6.45, 7) is 0. The molecule has 7 rings (SSSR count). The summed E-state index contributed by atoms with van der Waals surface area (Å²) in [6.07, 6.45) is 3.97. The lowest BCUT2D eigenvalue weighted by atomic mass is 9.64. The molecule has 0 unspecified atom stereocenters. The van der Waals surface area contributed by atoms with E-state index in [1.54, 1.807) is 30.3 Å². The summed E-state index contributed by atoms with van der Waals surface area (Å²) in [5, 5.41) is 5.41.